The summed E-state index contributed by atoms with van der Waals surface area (Å²) in [6.45, 7) is 2.84. The topological polar surface area (TPSA) is 63.4 Å². The first kappa shape index (κ1) is 13.6. The van der Waals surface area contributed by atoms with E-state index in [1.807, 2.05) is 25.1 Å². The minimum absolute atomic E-state index is 0.0245. The summed E-state index contributed by atoms with van der Waals surface area (Å²) in [4.78, 5) is 2.08. The van der Waals surface area contributed by atoms with Crippen molar-refractivity contribution in [2.24, 2.45) is 5.73 Å². The van der Waals surface area contributed by atoms with Gasteiger partial charge in [-0.1, -0.05) is 17.7 Å². The number of nitrogens with zero attached hydrogens (tertiary/aromatic N) is 1. The molecule has 1 saturated heterocycles. The highest BCUT2D eigenvalue weighted by Crippen LogP contribution is 2.26. The SMILES string of the molecule is CC1CS(=O)(=O)CCN1c1ccc(CN)c(Cl)c1. The van der Waals surface area contributed by atoms with E-state index >= 15 is 0 Å². The lowest BCUT2D eigenvalue weighted by Crippen LogP contribution is -2.47. The molecule has 1 aromatic carbocycles. The van der Waals surface area contributed by atoms with Gasteiger partial charge in [0.1, 0.15) is 0 Å². The Bertz CT molecular complexity index is 545. The van der Waals surface area contributed by atoms with Crippen LogP contribution < -0.4 is 10.6 Å². The van der Waals surface area contributed by atoms with E-state index in [4.69, 9.17) is 17.3 Å². The van der Waals surface area contributed by atoms with Crippen LogP contribution >= 0.6 is 11.6 Å². The lowest BCUT2D eigenvalue weighted by molar-refractivity contribution is 0.568. The molecule has 0 amide bonds. The van der Waals surface area contributed by atoms with E-state index in [1.165, 1.54) is 0 Å². The Hall–Kier alpha value is -0.780. The Morgan fingerprint density at radius 3 is 2.78 bits per heavy atom. The maximum Gasteiger partial charge on any atom is 0.154 e. The number of benzene rings is 1. The zero-order chi connectivity index (χ0) is 13.3. The molecule has 0 bridgehead atoms. The molecular formula is C12H17ClN2O2S. The van der Waals surface area contributed by atoms with Crippen molar-refractivity contribution in [1.82, 2.24) is 0 Å². The quantitative estimate of drug-likeness (QED) is 0.894. The molecule has 1 heterocycles. The molecule has 2 rings (SSSR count). The zero-order valence-corrected chi connectivity index (χ0v) is 11.8. The predicted molar refractivity (Wildman–Crippen MR) is 74.8 cm³/mol. The minimum atomic E-state index is -2.89. The van der Waals surface area contributed by atoms with Crippen molar-refractivity contribution in [3.63, 3.8) is 0 Å². The molecule has 4 nitrogen and oxygen atoms in total. The molecule has 1 atom stereocenters. The molecule has 1 fully saturated rings. The second-order valence-electron chi connectivity index (χ2n) is 4.64. The van der Waals surface area contributed by atoms with Crippen molar-refractivity contribution < 1.29 is 8.42 Å². The van der Waals surface area contributed by atoms with Gasteiger partial charge in [0, 0.05) is 29.8 Å². The second-order valence-corrected chi connectivity index (χ2v) is 7.27. The maximum absolute atomic E-state index is 11.5. The van der Waals surface area contributed by atoms with Crippen LogP contribution in [0.3, 0.4) is 0 Å². The van der Waals surface area contributed by atoms with E-state index in [2.05, 4.69) is 4.90 Å². The van der Waals surface area contributed by atoms with Crippen LogP contribution in [0.15, 0.2) is 18.2 Å². The number of hydrogen-bond acceptors (Lipinski definition) is 4. The molecule has 0 aliphatic carbocycles. The van der Waals surface area contributed by atoms with Crippen LogP contribution in [0.4, 0.5) is 5.69 Å². The molecule has 1 aliphatic rings. The molecule has 100 valence electrons. The average Bonchev–Trinajstić information content (AvgIpc) is 2.27. The van der Waals surface area contributed by atoms with Crippen LogP contribution in [0, 0.1) is 0 Å². The molecular weight excluding hydrogens is 272 g/mol. The Balaban J connectivity index is 2.25. The monoisotopic (exact) mass is 288 g/mol. The fraction of sp³-hybridized carbons (Fsp3) is 0.500. The zero-order valence-electron chi connectivity index (χ0n) is 10.3. The Morgan fingerprint density at radius 1 is 1.50 bits per heavy atom. The third-order valence-electron chi connectivity index (χ3n) is 3.26. The molecule has 2 N–H and O–H groups in total. The third kappa shape index (κ3) is 2.79. The van der Waals surface area contributed by atoms with Gasteiger partial charge in [0.25, 0.3) is 0 Å². The van der Waals surface area contributed by atoms with E-state index in [-0.39, 0.29) is 17.5 Å². The smallest absolute Gasteiger partial charge is 0.154 e. The fourth-order valence-corrected chi connectivity index (χ4v) is 4.07. The summed E-state index contributed by atoms with van der Waals surface area (Å²) >= 11 is 6.13. The normalized spacial score (nSPS) is 23.1. The molecule has 1 unspecified atom stereocenters. The van der Waals surface area contributed by atoms with E-state index in [9.17, 15) is 8.42 Å². The third-order valence-corrected chi connectivity index (χ3v) is 5.41. The van der Waals surface area contributed by atoms with Crippen molar-refractivity contribution in [2.75, 3.05) is 23.0 Å². The van der Waals surface area contributed by atoms with Crippen molar-refractivity contribution >= 4 is 27.1 Å². The summed E-state index contributed by atoms with van der Waals surface area (Å²) in [5.74, 6) is 0.400. The first-order valence-corrected chi connectivity index (χ1v) is 8.08. The second kappa shape index (κ2) is 5.07. The van der Waals surface area contributed by atoms with Gasteiger partial charge in [0.15, 0.2) is 9.84 Å². The number of nitrogens with two attached hydrogens (primary N) is 1. The summed E-state index contributed by atoms with van der Waals surface area (Å²) in [6.07, 6.45) is 0. The Morgan fingerprint density at radius 2 is 2.22 bits per heavy atom. The van der Waals surface area contributed by atoms with Crippen molar-refractivity contribution in [3.8, 4) is 0 Å². The van der Waals surface area contributed by atoms with Gasteiger partial charge in [-0.15, -0.1) is 0 Å². The molecule has 1 aromatic rings. The van der Waals surface area contributed by atoms with E-state index in [0.717, 1.165) is 11.3 Å². The fourth-order valence-electron chi connectivity index (χ4n) is 2.26. The summed E-state index contributed by atoms with van der Waals surface area (Å²) in [6, 6.07) is 5.68. The predicted octanol–water partition coefficient (Wildman–Crippen LogP) is 1.42. The van der Waals surface area contributed by atoms with Crippen molar-refractivity contribution in [1.29, 1.82) is 0 Å². The first-order valence-electron chi connectivity index (χ1n) is 5.88. The molecule has 1 aliphatic heterocycles. The summed E-state index contributed by atoms with van der Waals surface area (Å²) in [5, 5.41) is 0.635. The molecule has 0 spiro atoms. The number of sulfone groups is 1. The number of hydrogen-bond donors (Lipinski definition) is 1. The molecule has 0 radical (unpaired) electrons. The van der Waals surface area contributed by atoms with Crippen LogP contribution in [0.2, 0.25) is 5.02 Å². The van der Waals surface area contributed by atoms with Gasteiger partial charge < -0.3 is 10.6 Å². The summed E-state index contributed by atoms with van der Waals surface area (Å²) in [5.41, 5.74) is 7.42. The number of rotatable bonds is 2. The van der Waals surface area contributed by atoms with Crippen LogP contribution in [-0.4, -0.2) is 32.5 Å². The van der Waals surface area contributed by atoms with Gasteiger partial charge in [0.2, 0.25) is 0 Å². The van der Waals surface area contributed by atoms with Crippen LogP contribution in [0.25, 0.3) is 0 Å². The van der Waals surface area contributed by atoms with Crippen LogP contribution in [0.1, 0.15) is 12.5 Å². The molecule has 0 aromatic heterocycles. The number of halogens is 1. The highest BCUT2D eigenvalue weighted by Gasteiger charge is 2.28. The van der Waals surface area contributed by atoms with Gasteiger partial charge >= 0.3 is 0 Å². The van der Waals surface area contributed by atoms with Crippen LogP contribution in [-0.2, 0) is 16.4 Å². The minimum Gasteiger partial charge on any atom is -0.367 e. The Labute approximate surface area is 113 Å². The lowest BCUT2D eigenvalue weighted by atomic mass is 10.1. The highest BCUT2D eigenvalue weighted by molar-refractivity contribution is 7.91. The standard InChI is InChI=1S/C12H17ClN2O2S/c1-9-8-18(16,17)5-4-15(9)11-3-2-10(7-14)12(13)6-11/h2-3,6,9H,4-5,7-8,14H2,1H3. The highest BCUT2D eigenvalue weighted by atomic mass is 35.5. The van der Waals surface area contributed by atoms with Crippen molar-refractivity contribution in [2.45, 2.75) is 19.5 Å². The van der Waals surface area contributed by atoms with Gasteiger partial charge in [-0.05, 0) is 24.6 Å². The maximum atomic E-state index is 11.5. The van der Waals surface area contributed by atoms with Crippen molar-refractivity contribution in [3.05, 3.63) is 28.8 Å². The average molecular weight is 289 g/mol. The molecule has 6 heteroatoms. The lowest BCUT2D eigenvalue weighted by Gasteiger charge is -2.35. The summed E-state index contributed by atoms with van der Waals surface area (Å²) in [7, 11) is -2.89. The van der Waals surface area contributed by atoms with E-state index < -0.39 is 9.84 Å². The number of anilines is 1. The molecule has 0 saturated carbocycles. The largest absolute Gasteiger partial charge is 0.367 e. The van der Waals surface area contributed by atoms with E-state index in [1.54, 1.807) is 0 Å². The van der Waals surface area contributed by atoms with E-state index in [0.29, 0.717) is 18.1 Å². The van der Waals surface area contributed by atoms with Gasteiger partial charge in [-0.2, -0.15) is 0 Å². The first-order chi connectivity index (χ1) is 8.43. The van der Waals surface area contributed by atoms with Gasteiger partial charge in [-0.25, -0.2) is 8.42 Å². The Kier molecular flexibility index (Phi) is 3.84. The van der Waals surface area contributed by atoms with Gasteiger partial charge in [-0.3, -0.25) is 0 Å². The van der Waals surface area contributed by atoms with Crippen LogP contribution in [0.5, 0.6) is 0 Å². The summed E-state index contributed by atoms with van der Waals surface area (Å²) < 4.78 is 23.1. The molecule has 18 heavy (non-hydrogen) atoms. The van der Waals surface area contributed by atoms with Gasteiger partial charge in [0.05, 0.1) is 11.5 Å².